The van der Waals surface area contributed by atoms with Crippen LogP contribution in [0.15, 0.2) is 60.8 Å². The molecule has 0 aliphatic rings. The van der Waals surface area contributed by atoms with E-state index in [1.54, 1.807) is 13.0 Å². The summed E-state index contributed by atoms with van der Waals surface area (Å²) in [6.45, 7) is 3.99. The molecule has 3 rings (SSSR count). The van der Waals surface area contributed by atoms with E-state index < -0.39 is 17.5 Å². The maximum atomic E-state index is 14.0. The quantitative estimate of drug-likeness (QED) is 0.677. The fraction of sp³-hybridized carbons (Fsp3) is 0.190. The number of amides is 1. The van der Waals surface area contributed by atoms with Gasteiger partial charge >= 0.3 is 0 Å². The maximum Gasteiger partial charge on any atom is 0.262 e. The Labute approximate surface area is 162 Å². The standard InChI is InChI=1S/C21H20F2N4O/c1-3-27(20(28)17-10-9-16(22)13-18(17)23)19-11-12-24-21(26-19)25-14(2)15-7-5-4-6-8-15/h4-14H,3H2,1-2H3,(H,24,25,26)/t14-/m0/s1. The third-order valence-electron chi connectivity index (χ3n) is 4.29. The predicted molar refractivity (Wildman–Crippen MR) is 104 cm³/mol. The topological polar surface area (TPSA) is 58.1 Å². The van der Waals surface area contributed by atoms with Crippen molar-refractivity contribution in [1.29, 1.82) is 0 Å². The van der Waals surface area contributed by atoms with Crippen LogP contribution < -0.4 is 10.2 Å². The summed E-state index contributed by atoms with van der Waals surface area (Å²) in [6, 6.07) is 14.2. The Bertz CT molecular complexity index is 966. The lowest BCUT2D eigenvalue weighted by Gasteiger charge is -2.21. The monoisotopic (exact) mass is 382 g/mol. The number of anilines is 2. The van der Waals surface area contributed by atoms with Crippen molar-refractivity contribution < 1.29 is 13.6 Å². The average molecular weight is 382 g/mol. The normalized spacial score (nSPS) is 11.7. The Balaban J connectivity index is 1.83. The van der Waals surface area contributed by atoms with Crippen LogP contribution in [0.1, 0.15) is 35.8 Å². The lowest BCUT2D eigenvalue weighted by Crippen LogP contribution is -2.32. The van der Waals surface area contributed by atoms with Crippen molar-refractivity contribution >= 4 is 17.7 Å². The molecule has 2 aromatic carbocycles. The van der Waals surface area contributed by atoms with Crippen molar-refractivity contribution in [2.45, 2.75) is 19.9 Å². The van der Waals surface area contributed by atoms with Crippen LogP contribution in [0.3, 0.4) is 0 Å². The molecule has 1 N–H and O–H groups in total. The van der Waals surface area contributed by atoms with E-state index in [2.05, 4.69) is 15.3 Å². The Morgan fingerprint density at radius 1 is 1.14 bits per heavy atom. The number of carbonyl (C=O) groups excluding carboxylic acids is 1. The minimum atomic E-state index is -0.909. The van der Waals surface area contributed by atoms with Crippen LogP contribution in [-0.2, 0) is 0 Å². The first-order valence-electron chi connectivity index (χ1n) is 8.91. The molecule has 0 aliphatic heterocycles. The molecule has 1 aromatic heterocycles. The number of hydrogen-bond acceptors (Lipinski definition) is 4. The Morgan fingerprint density at radius 2 is 1.89 bits per heavy atom. The summed E-state index contributed by atoms with van der Waals surface area (Å²) in [5.41, 5.74) is 0.849. The first-order valence-corrected chi connectivity index (χ1v) is 8.91. The lowest BCUT2D eigenvalue weighted by molar-refractivity contribution is 0.0983. The number of nitrogens with zero attached hydrogens (tertiary/aromatic N) is 3. The SMILES string of the molecule is CCN(C(=O)c1ccc(F)cc1F)c1ccnc(N[C@@H](C)c2ccccc2)n1. The molecule has 1 amide bonds. The summed E-state index contributed by atoms with van der Waals surface area (Å²) >= 11 is 0. The summed E-state index contributed by atoms with van der Waals surface area (Å²) in [4.78, 5) is 22.7. The van der Waals surface area contributed by atoms with E-state index >= 15 is 0 Å². The number of aromatic nitrogens is 2. The fourth-order valence-electron chi connectivity index (χ4n) is 2.81. The smallest absolute Gasteiger partial charge is 0.262 e. The molecule has 0 aliphatic carbocycles. The van der Waals surface area contributed by atoms with Crippen molar-refractivity contribution in [2.24, 2.45) is 0 Å². The minimum Gasteiger partial charge on any atom is -0.348 e. The van der Waals surface area contributed by atoms with Gasteiger partial charge in [0.25, 0.3) is 5.91 Å². The molecule has 0 saturated carbocycles. The second-order valence-electron chi connectivity index (χ2n) is 6.19. The molecule has 3 aromatic rings. The Hall–Kier alpha value is -3.35. The van der Waals surface area contributed by atoms with Crippen LogP contribution >= 0.6 is 0 Å². The van der Waals surface area contributed by atoms with Gasteiger partial charge in [-0.2, -0.15) is 4.98 Å². The van der Waals surface area contributed by atoms with Gasteiger partial charge in [-0.05, 0) is 37.6 Å². The van der Waals surface area contributed by atoms with E-state index in [9.17, 15) is 13.6 Å². The van der Waals surface area contributed by atoms with E-state index in [-0.39, 0.29) is 18.2 Å². The number of hydrogen-bond donors (Lipinski definition) is 1. The number of benzene rings is 2. The van der Waals surface area contributed by atoms with Crippen molar-refractivity contribution in [3.8, 4) is 0 Å². The predicted octanol–water partition coefficient (Wildman–Crippen LogP) is 4.59. The second-order valence-corrected chi connectivity index (χ2v) is 6.19. The molecular weight excluding hydrogens is 362 g/mol. The summed E-state index contributed by atoms with van der Waals surface area (Å²) in [5.74, 6) is -1.57. The van der Waals surface area contributed by atoms with Crippen molar-refractivity contribution in [3.05, 3.63) is 83.6 Å². The fourth-order valence-corrected chi connectivity index (χ4v) is 2.81. The highest BCUT2D eigenvalue weighted by atomic mass is 19.1. The first-order chi connectivity index (χ1) is 13.5. The Morgan fingerprint density at radius 3 is 2.57 bits per heavy atom. The van der Waals surface area contributed by atoms with E-state index in [0.717, 1.165) is 17.7 Å². The van der Waals surface area contributed by atoms with Crippen LogP contribution in [0.2, 0.25) is 0 Å². The highest BCUT2D eigenvalue weighted by Gasteiger charge is 2.21. The third-order valence-corrected chi connectivity index (χ3v) is 4.29. The minimum absolute atomic E-state index is 0.0447. The number of halogens is 2. The molecule has 0 spiro atoms. The summed E-state index contributed by atoms with van der Waals surface area (Å²) < 4.78 is 27.2. The van der Waals surface area contributed by atoms with Gasteiger partial charge in [-0.15, -0.1) is 0 Å². The van der Waals surface area contributed by atoms with Gasteiger partial charge in [0.15, 0.2) is 0 Å². The summed E-state index contributed by atoms with van der Waals surface area (Å²) in [6.07, 6.45) is 1.53. The molecule has 0 radical (unpaired) electrons. The third kappa shape index (κ3) is 4.31. The Kier molecular flexibility index (Phi) is 5.93. The molecule has 1 heterocycles. The maximum absolute atomic E-state index is 14.0. The van der Waals surface area contributed by atoms with Crippen molar-refractivity contribution in [3.63, 3.8) is 0 Å². The van der Waals surface area contributed by atoms with Gasteiger partial charge in [0.05, 0.1) is 11.6 Å². The zero-order valence-electron chi connectivity index (χ0n) is 15.6. The van der Waals surface area contributed by atoms with Gasteiger partial charge in [0, 0.05) is 18.8 Å². The number of rotatable bonds is 6. The molecular formula is C21H20F2N4O. The van der Waals surface area contributed by atoms with Gasteiger partial charge in [-0.1, -0.05) is 30.3 Å². The molecule has 0 fully saturated rings. The molecule has 0 bridgehead atoms. The van der Waals surface area contributed by atoms with Gasteiger partial charge in [-0.25, -0.2) is 13.8 Å². The van der Waals surface area contributed by atoms with E-state index in [0.29, 0.717) is 17.8 Å². The summed E-state index contributed by atoms with van der Waals surface area (Å²) in [5, 5.41) is 3.19. The van der Waals surface area contributed by atoms with E-state index in [1.807, 2.05) is 37.3 Å². The number of nitrogens with one attached hydrogen (secondary N) is 1. The molecule has 7 heteroatoms. The lowest BCUT2D eigenvalue weighted by atomic mass is 10.1. The zero-order chi connectivity index (χ0) is 20.1. The number of carbonyl (C=O) groups is 1. The summed E-state index contributed by atoms with van der Waals surface area (Å²) in [7, 11) is 0. The van der Waals surface area contributed by atoms with Gasteiger partial charge in [-0.3, -0.25) is 9.69 Å². The second kappa shape index (κ2) is 8.56. The van der Waals surface area contributed by atoms with Gasteiger partial charge in [0.1, 0.15) is 17.5 Å². The van der Waals surface area contributed by atoms with Crippen molar-refractivity contribution in [2.75, 3.05) is 16.8 Å². The van der Waals surface area contributed by atoms with Gasteiger partial charge in [0.2, 0.25) is 5.95 Å². The molecule has 144 valence electrons. The molecule has 5 nitrogen and oxygen atoms in total. The highest BCUT2D eigenvalue weighted by molar-refractivity contribution is 6.05. The van der Waals surface area contributed by atoms with E-state index in [1.165, 1.54) is 11.1 Å². The average Bonchev–Trinajstić information content (AvgIpc) is 2.69. The largest absolute Gasteiger partial charge is 0.348 e. The molecule has 1 atom stereocenters. The first kappa shape index (κ1) is 19.4. The van der Waals surface area contributed by atoms with Crippen molar-refractivity contribution in [1.82, 2.24) is 9.97 Å². The molecule has 0 saturated heterocycles. The van der Waals surface area contributed by atoms with Crippen LogP contribution in [0, 0.1) is 11.6 Å². The highest BCUT2D eigenvalue weighted by Crippen LogP contribution is 2.21. The van der Waals surface area contributed by atoms with Crippen LogP contribution in [0.4, 0.5) is 20.5 Å². The molecule has 28 heavy (non-hydrogen) atoms. The van der Waals surface area contributed by atoms with Gasteiger partial charge < -0.3 is 5.32 Å². The molecule has 0 unspecified atom stereocenters. The zero-order valence-corrected chi connectivity index (χ0v) is 15.6. The van der Waals surface area contributed by atoms with Crippen LogP contribution in [-0.4, -0.2) is 22.4 Å². The van der Waals surface area contributed by atoms with E-state index in [4.69, 9.17) is 0 Å². The van der Waals surface area contributed by atoms with Crippen LogP contribution in [0.25, 0.3) is 0 Å². The van der Waals surface area contributed by atoms with Crippen LogP contribution in [0.5, 0.6) is 0 Å².